The third-order valence-electron chi connectivity index (χ3n) is 4.93. The summed E-state index contributed by atoms with van der Waals surface area (Å²) in [5, 5.41) is 25.2. The molecular formula is C25H24BrN3O5S. The number of thiazole rings is 1. The molecule has 0 aliphatic carbocycles. The number of phenols is 1. The van der Waals surface area contributed by atoms with Crippen molar-refractivity contribution in [3.05, 3.63) is 84.9 Å². The van der Waals surface area contributed by atoms with Crippen LogP contribution in [0.2, 0.25) is 0 Å². The maximum absolute atomic E-state index is 12.8. The topological polar surface area (TPSA) is 129 Å². The van der Waals surface area contributed by atoms with E-state index in [1.807, 2.05) is 20.8 Å². The minimum Gasteiger partial charge on any atom is -0.508 e. The number of phenolic OH excluding ortho intramolecular Hbond substituents is 1. The van der Waals surface area contributed by atoms with Crippen molar-refractivity contribution in [1.82, 2.24) is 15.6 Å². The third-order valence-corrected chi connectivity index (χ3v) is 6.52. The third kappa shape index (κ3) is 6.77. The van der Waals surface area contributed by atoms with Crippen LogP contribution in [0.25, 0.3) is 6.08 Å². The minimum absolute atomic E-state index is 0.0948. The Kier molecular flexibility index (Phi) is 8.42. The molecule has 4 N–H and O–H groups in total. The lowest BCUT2D eigenvalue weighted by molar-refractivity contribution is -0.132. The molecule has 0 atom stereocenters. The summed E-state index contributed by atoms with van der Waals surface area (Å²) in [6.07, 6.45) is 1.41. The van der Waals surface area contributed by atoms with Gasteiger partial charge in [0.15, 0.2) is 0 Å². The number of aromatic nitrogens is 1. The Bertz CT molecular complexity index is 1320. The van der Waals surface area contributed by atoms with Crippen molar-refractivity contribution in [2.45, 2.75) is 33.2 Å². The van der Waals surface area contributed by atoms with Crippen LogP contribution in [0.5, 0.6) is 5.75 Å². The number of nitrogens with one attached hydrogen (secondary N) is 2. The van der Waals surface area contributed by atoms with Crippen molar-refractivity contribution >= 4 is 51.1 Å². The molecular weight excluding hydrogens is 534 g/mol. The first kappa shape index (κ1) is 26.1. The standard InChI is InChI=1S/C25H24BrN3O5S/c1-13(2)22-21(35-14(3)28-22)11-20(25(33)34)29-24(32)18-8-7-16(10-19(18)26)23(31)27-12-15-5-4-6-17(30)9-15/h4-11,13,30H,12H2,1-3H3,(H,27,31)(H,29,32)(H,33,34)/b20-11-. The van der Waals surface area contributed by atoms with Crippen LogP contribution in [0.4, 0.5) is 0 Å². The summed E-state index contributed by atoms with van der Waals surface area (Å²) < 4.78 is 0.334. The summed E-state index contributed by atoms with van der Waals surface area (Å²) in [5.74, 6) is -2.08. The van der Waals surface area contributed by atoms with E-state index >= 15 is 0 Å². The fourth-order valence-electron chi connectivity index (χ4n) is 3.24. The number of nitrogens with zero attached hydrogens (tertiary/aromatic N) is 1. The molecule has 0 unspecified atom stereocenters. The Morgan fingerprint density at radius 1 is 1.14 bits per heavy atom. The SMILES string of the molecule is Cc1nc(C(C)C)c(/C=C(\NC(=O)c2ccc(C(=O)NCc3cccc(O)c3)cc2Br)C(=O)O)s1. The van der Waals surface area contributed by atoms with Crippen LogP contribution in [0.3, 0.4) is 0 Å². The largest absolute Gasteiger partial charge is 0.508 e. The van der Waals surface area contributed by atoms with E-state index in [1.54, 1.807) is 24.3 Å². The van der Waals surface area contributed by atoms with Crippen LogP contribution >= 0.6 is 27.3 Å². The zero-order valence-corrected chi connectivity index (χ0v) is 21.7. The van der Waals surface area contributed by atoms with Gasteiger partial charge in [0.05, 0.1) is 21.1 Å². The number of aryl methyl sites for hydroxylation is 1. The summed E-state index contributed by atoms with van der Waals surface area (Å²) in [7, 11) is 0. The van der Waals surface area contributed by atoms with Crippen LogP contribution in [-0.2, 0) is 11.3 Å². The summed E-state index contributed by atoms with van der Waals surface area (Å²) >= 11 is 4.65. The smallest absolute Gasteiger partial charge is 0.352 e. The summed E-state index contributed by atoms with van der Waals surface area (Å²) in [6, 6.07) is 11.0. The lowest BCUT2D eigenvalue weighted by atomic mass is 10.1. The highest BCUT2D eigenvalue weighted by atomic mass is 79.9. The Morgan fingerprint density at radius 3 is 2.51 bits per heavy atom. The van der Waals surface area contributed by atoms with Gasteiger partial charge in [-0.15, -0.1) is 11.3 Å². The number of hydrogen-bond donors (Lipinski definition) is 4. The summed E-state index contributed by atoms with van der Waals surface area (Å²) in [6.45, 7) is 5.98. The second-order valence-corrected chi connectivity index (χ2v) is 10.1. The fraction of sp³-hybridized carbons (Fsp3) is 0.200. The van der Waals surface area contributed by atoms with Crippen LogP contribution < -0.4 is 10.6 Å². The zero-order chi connectivity index (χ0) is 25.7. The van der Waals surface area contributed by atoms with Gasteiger partial charge in [-0.05, 0) is 70.7 Å². The minimum atomic E-state index is -1.28. The van der Waals surface area contributed by atoms with Gasteiger partial charge < -0.3 is 20.8 Å². The molecule has 0 saturated carbocycles. The first-order valence-corrected chi connectivity index (χ1v) is 12.3. The van der Waals surface area contributed by atoms with Gasteiger partial charge in [0.1, 0.15) is 11.4 Å². The molecule has 0 bridgehead atoms. The molecule has 0 saturated heterocycles. The Morgan fingerprint density at radius 2 is 1.89 bits per heavy atom. The number of carboxylic acids is 1. The summed E-state index contributed by atoms with van der Waals surface area (Å²) in [5.41, 5.74) is 1.71. The Hall–Kier alpha value is -3.50. The van der Waals surface area contributed by atoms with Gasteiger partial charge in [0.2, 0.25) is 0 Å². The lowest BCUT2D eigenvalue weighted by Gasteiger charge is -2.10. The van der Waals surface area contributed by atoms with Gasteiger partial charge >= 0.3 is 5.97 Å². The number of aromatic hydroxyl groups is 1. The molecule has 35 heavy (non-hydrogen) atoms. The fourth-order valence-corrected chi connectivity index (χ4v) is 4.82. The van der Waals surface area contributed by atoms with Gasteiger partial charge in [-0.3, -0.25) is 9.59 Å². The first-order chi connectivity index (χ1) is 16.5. The number of amides is 2. The van der Waals surface area contributed by atoms with E-state index in [0.29, 0.717) is 14.9 Å². The van der Waals surface area contributed by atoms with Crippen molar-refractivity contribution in [3.8, 4) is 5.75 Å². The number of carbonyl (C=O) groups is 3. The highest BCUT2D eigenvalue weighted by Crippen LogP contribution is 2.27. The quantitative estimate of drug-likeness (QED) is 0.293. The number of rotatable bonds is 8. The van der Waals surface area contributed by atoms with E-state index in [0.717, 1.165) is 16.3 Å². The highest BCUT2D eigenvalue weighted by molar-refractivity contribution is 9.10. The van der Waals surface area contributed by atoms with Crippen molar-refractivity contribution in [1.29, 1.82) is 0 Å². The Balaban J connectivity index is 1.75. The number of halogens is 1. The van der Waals surface area contributed by atoms with Crippen LogP contribution in [-0.4, -0.2) is 33.0 Å². The lowest BCUT2D eigenvalue weighted by Crippen LogP contribution is -2.28. The van der Waals surface area contributed by atoms with Crippen molar-refractivity contribution in [2.75, 3.05) is 0 Å². The average Bonchev–Trinajstić information content (AvgIpc) is 3.17. The monoisotopic (exact) mass is 557 g/mol. The van der Waals surface area contributed by atoms with Crippen molar-refractivity contribution in [3.63, 3.8) is 0 Å². The van der Waals surface area contributed by atoms with E-state index in [-0.39, 0.29) is 35.4 Å². The van der Waals surface area contributed by atoms with Crippen LogP contribution in [0.15, 0.2) is 52.6 Å². The number of benzene rings is 2. The molecule has 10 heteroatoms. The number of carboxylic acid groups (broad SMARTS) is 1. The van der Waals surface area contributed by atoms with Gasteiger partial charge in [0, 0.05) is 16.6 Å². The van der Waals surface area contributed by atoms with Gasteiger partial charge in [-0.1, -0.05) is 26.0 Å². The van der Waals surface area contributed by atoms with E-state index < -0.39 is 11.9 Å². The molecule has 1 aromatic heterocycles. The maximum Gasteiger partial charge on any atom is 0.352 e. The molecule has 0 spiro atoms. The maximum atomic E-state index is 12.8. The average molecular weight is 558 g/mol. The molecule has 3 aromatic rings. The molecule has 182 valence electrons. The second kappa shape index (κ2) is 11.3. The molecule has 0 aliphatic heterocycles. The van der Waals surface area contributed by atoms with Gasteiger partial charge in [0.25, 0.3) is 11.8 Å². The predicted octanol–water partition coefficient (Wildman–Crippen LogP) is 4.83. The molecule has 0 aliphatic rings. The zero-order valence-electron chi connectivity index (χ0n) is 19.3. The van der Waals surface area contributed by atoms with Crippen molar-refractivity contribution < 1.29 is 24.6 Å². The first-order valence-electron chi connectivity index (χ1n) is 10.6. The molecule has 8 nitrogen and oxygen atoms in total. The molecule has 1 heterocycles. The van der Waals surface area contributed by atoms with E-state index in [9.17, 15) is 24.6 Å². The van der Waals surface area contributed by atoms with Gasteiger partial charge in [-0.2, -0.15) is 0 Å². The molecule has 2 amide bonds. The number of hydrogen-bond acceptors (Lipinski definition) is 6. The normalized spacial score (nSPS) is 11.4. The summed E-state index contributed by atoms with van der Waals surface area (Å²) in [4.78, 5) is 42.3. The molecule has 2 aromatic carbocycles. The van der Waals surface area contributed by atoms with Gasteiger partial charge in [-0.25, -0.2) is 9.78 Å². The number of aliphatic carboxylic acids is 1. The van der Waals surface area contributed by atoms with E-state index in [1.165, 1.54) is 35.6 Å². The Labute approximate surface area is 214 Å². The van der Waals surface area contributed by atoms with Crippen LogP contribution in [0, 0.1) is 6.92 Å². The number of carbonyl (C=O) groups excluding carboxylic acids is 2. The van der Waals surface area contributed by atoms with E-state index in [2.05, 4.69) is 31.5 Å². The van der Waals surface area contributed by atoms with E-state index in [4.69, 9.17) is 0 Å². The highest BCUT2D eigenvalue weighted by Gasteiger charge is 2.19. The second-order valence-electron chi connectivity index (χ2n) is 8.00. The predicted molar refractivity (Wildman–Crippen MR) is 137 cm³/mol. The van der Waals surface area contributed by atoms with Crippen LogP contribution in [0.1, 0.15) is 61.6 Å². The molecule has 0 fully saturated rings. The molecule has 0 radical (unpaired) electrons. The molecule has 3 rings (SSSR count). The van der Waals surface area contributed by atoms with Crippen molar-refractivity contribution in [2.24, 2.45) is 0 Å².